The summed E-state index contributed by atoms with van der Waals surface area (Å²) in [7, 11) is 1.87. The van der Waals surface area contributed by atoms with Gasteiger partial charge in [-0.05, 0) is 24.3 Å². The summed E-state index contributed by atoms with van der Waals surface area (Å²) in [6.45, 7) is 0. The lowest BCUT2D eigenvalue weighted by molar-refractivity contribution is 0.624. The number of hydrogen-bond acceptors (Lipinski definition) is 3. The van der Waals surface area contributed by atoms with Gasteiger partial charge in [0.25, 0.3) is 0 Å². The Hall–Kier alpha value is -1.49. The predicted molar refractivity (Wildman–Crippen MR) is 63.6 cm³/mol. The monoisotopic (exact) mass is 237 g/mol. The van der Waals surface area contributed by atoms with Crippen molar-refractivity contribution in [2.45, 2.75) is 10.6 Å². The largest absolute Gasteiger partial charge is 0.398 e. The van der Waals surface area contributed by atoms with Crippen molar-refractivity contribution < 1.29 is 4.39 Å². The highest BCUT2D eigenvalue weighted by atomic mass is 32.2. The second-order valence-corrected chi connectivity index (χ2v) is 4.47. The average molecular weight is 237 g/mol. The van der Waals surface area contributed by atoms with E-state index in [1.54, 1.807) is 10.7 Å². The maximum Gasteiger partial charge on any atom is 0.124 e. The molecule has 2 rings (SSSR count). The van der Waals surface area contributed by atoms with Crippen LogP contribution in [0.5, 0.6) is 0 Å². The Morgan fingerprint density at radius 3 is 2.94 bits per heavy atom. The highest BCUT2D eigenvalue weighted by molar-refractivity contribution is 7.98. The van der Waals surface area contributed by atoms with Gasteiger partial charge in [0.05, 0.1) is 5.69 Å². The summed E-state index contributed by atoms with van der Waals surface area (Å²) in [6, 6.07) is 6.32. The molecule has 1 heterocycles. The summed E-state index contributed by atoms with van der Waals surface area (Å²) in [5.74, 6) is 0.423. The summed E-state index contributed by atoms with van der Waals surface area (Å²) >= 11 is 1.49. The number of aromatic nitrogens is 2. The number of nitrogens with zero attached hydrogens (tertiary/aromatic N) is 2. The minimum absolute atomic E-state index is 0.266. The molecular formula is C11H12FN3S. The summed E-state index contributed by atoms with van der Waals surface area (Å²) in [5, 5.41) is 4.24. The van der Waals surface area contributed by atoms with E-state index in [1.807, 2.05) is 19.3 Å². The third-order valence-corrected chi connectivity index (χ3v) is 3.22. The van der Waals surface area contributed by atoms with Gasteiger partial charge in [0.15, 0.2) is 0 Å². The van der Waals surface area contributed by atoms with Crippen molar-refractivity contribution in [3.05, 3.63) is 42.0 Å². The van der Waals surface area contributed by atoms with E-state index in [4.69, 9.17) is 5.73 Å². The van der Waals surface area contributed by atoms with Crippen LogP contribution in [0.1, 0.15) is 5.69 Å². The number of anilines is 1. The van der Waals surface area contributed by atoms with E-state index in [2.05, 4.69) is 5.10 Å². The van der Waals surface area contributed by atoms with Gasteiger partial charge < -0.3 is 5.73 Å². The van der Waals surface area contributed by atoms with Gasteiger partial charge in [0.2, 0.25) is 0 Å². The third-order valence-electron chi connectivity index (χ3n) is 2.12. The Bertz CT molecular complexity index is 496. The van der Waals surface area contributed by atoms with Crippen LogP contribution in [0.3, 0.4) is 0 Å². The van der Waals surface area contributed by atoms with E-state index >= 15 is 0 Å². The van der Waals surface area contributed by atoms with Crippen molar-refractivity contribution in [3.63, 3.8) is 0 Å². The van der Waals surface area contributed by atoms with E-state index in [0.29, 0.717) is 11.4 Å². The van der Waals surface area contributed by atoms with Gasteiger partial charge in [-0.25, -0.2) is 4.39 Å². The molecule has 0 unspecified atom stereocenters. The average Bonchev–Trinajstić information content (AvgIpc) is 2.66. The lowest BCUT2D eigenvalue weighted by Crippen LogP contribution is -1.92. The number of aryl methyl sites for hydroxylation is 1. The van der Waals surface area contributed by atoms with E-state index in [0.717, 1.165) is 10.6 Å². The van der Waals surface area contributed by atoms with Gasteiger partial charge in [-0.1, -0.05) is 0 Å². The maximum atomic E-state index is 13.0. The van der Waals surface area contributed by atoms with Crippen LogP contribution in [0.4, 0.5) is 10.1 Å². The minimum Gasteiger partial charge on any atom is -0.398 e. The summed E-state index contributed by atoms with van der Waals surface area (Å²) in [6.07, 6.45) is 1.88. The van der Waals surface area contributed by atoms with Crippen LogP contribution in [-0.4, -0.2) is 9.78 Å². The summed E-state index contributed by atoms with van der Waals surface area (Å²) < 4.78 is 14.7. The molecule has 84 valence electrons. The van der Waals surface area contributed by atoms with Crippen molar-refractivity contribution in [1.82, 2.24) is 9.78 Å². The fourth-order valence-corrected chi connectivity index (χ4v) is 2.21. The van der Waals surface area contributed by atoms with Crippen molar-refractivity contribution in [1.29, 1.82) is 0 Å². The van der Waals surface area contributed by atoms with Crippen LogP contribution in [0, 0.1) is 5.82 Å². The molecule has 0 bridgehead atoms. The molecule has 2 aromatic rings. The molecule has 0 aliphatic heterocycles. The van der Waals surface area contributed by atoms with E-state index < -0.39 is 0 Å². The van der Waals surface area contributed by atoms with Gasteiger partial charge in [0, 0.05) is 29.6 Å². The van der Waals surface area contributed by atoms with Crippen LogP contribution >= 0.6 is 11.8 Å². The van der Waals surface area contributed by atoms with Crippen molar-refractivity contribution in [3.8, 4) is 0 Å². The highest BCUT2D eigenvalue weighted by Gasteiger charge is 2.04. The Kier molecular flexibility index (Phi) is 3.14. The number of halogens is 1. The number of nitrogens with two attached hydrogens (primary N) is 1. The molecule has 1 aromatic heterocycles. The van der Waals surface area contributed by atoms with Crippen LogP contribution < -0.4 is 5.73 Å². The third kappa shape index (κ3) is 2.55. The normalized spacial score (nSPS) is 10.6. The number of rotatable bonds is 3. The molecule has 0 aliphatic carbocycles. The fraction of sp³-hybridized carbons (Fsp3) is 0.182. The van der Waals surface area contributed by atoms with Crippen LogP contribution in [0.2, 0.25) is 0 Å². The molecule has 5 heteroatoms. The SMILES string of the molecule is Cn1ccc(CSc2cc(F)ccc2N)n1. The molecule has 0 saturated heterocycles. The standard InChI is InChI=1S/C11H12FN3S/c1-15-5-4-9(14-15)7-16-11-6-8(12)2-3-10(11)13/h2-6H,7,13H2,1H3. The Morgan fingerprint density at radius 1 is 1.44 bits per heavy atom. The lowest BCUT2D eigenvalue weighted by atomic mass is 10.3. The first-order valence-corrected chi connectivity index (χ1v) is 5.80. The molecule has 0 radical (unpaired) electrons. The molecule has 2 N–H and O–H groups in total. The van der Waals surface area contributed by atoms with Crippen LogP contribution in [0.15, 0.2) is 35.4 Å². The van der Waals surface area contributed by atoms with Gasteiger partial charge in [-0.2, -0.15) is 5.10 Å². The first-order valence-electron chi connectivity index (χ1n) is 4.81. The maximum absolute atomic E-state index is 13.0. The second kappa shape index (κ2) is 4.57. The van der Waals surface area contributed by atoms with Crippen molar-refractivity contribution in [2.75, 3.05) is 5.73 Å². The molecule has 0 amide bonds. The Morgan fingerprint density at radius 2 is 2.25 bits per heavy atom. The van der Waals surface area contributed by atoms with Crippen LogP contribution in [-0.2, 0) is 12.8 Å². The molecular weight excluding hydrogens is 225 g/mol. The Labute approximate surface area is 97.5 Å². The fourth-order valence-electron chi connectivity index (χ4n) is 1.33. The van der Waals surface area contributed by atoms with Crippen LogP contribution in [0.25, 0.3) is 0 Å². The molecule has 16 heavy (non-hydrogen) atoms. The first-order chi connectivity index (χ1) is 7.65. The quantitative estimate of drug-likeness (QED) is 0.658. The summed E-state index contributed by atoms with van der Waals surface area (Å²) in [4.78, 5) is 0.755. The molecule has 3 nitrogen and oxygen atoms in total. The Balaban J connectivity index is 2.07. The molecule has 0 fully saturated rings. The zero-order chi connectivity index (χ0) is 11.5. The van der Waals surface area contributed by atoms with E-state index in [9.17, 15) is 4.39 Å². The topological polar surface area (TPSA) is 43.8 Å². The number of nitrogen functional groups attached to an aromatic ring is 1. The number of benzene rings is 1. The summed E-state index contributed by atoms with van der Waals surface area (Å²) in [5.41, 5.74) is 7.30. The lowest BCUT2D eigenvalue weighted by Gasteiger charge is -2.03. The van der Waals surface area contributed by atoms with E-state index in [1.165, 1.54) is 23.9 Å². The molecule has 0 spiro atoms. The molecule has 0 aliphatic rings. The molecule has 0 saturated carbocycles. The zero-order valence-electron chi connectivity index (χ0n) is 8.85. The first kappa shape index (κ1) is 11.0. The van der Waals surface area contributed by atoms with Crippen molar-refractivity contribution in [2.24, 2.45) is 7.05 Å². The number of thioether (sulfide) groups is 1. The zero-order valence-corrected chi connectivity index (χ0v) is 9.67. The van der Waals surface area contributed by atoms with Gasteiger partial charge in [0.1, 0.15) is 5.82 Å². The second-order valence-electron chi connectivity index (χ2n) is 3.45. The van der Waals surface area contributed by atoms with Gasteiger partial charge in [-0.15, -0.1) is 11.8 Å². The predicted octanol–water partition coefficient (Wildman–Crippen LogP) is 2.43. The molecule has 0 atom stereocenters. The van der Waals surface area contributed by atoms with Gasteiger partial charge >= 0.3 is 0 Å². The highest BCUT2D eigenvalue weighted by Crippen LogP contribution is 2.28. The smallest absolute Gasteiger partial charge is 0.124 e. The minimum atomic E-state index is -0.266. The van der Waals surface area contributed by atoms with Crippen molar-refractivity contribution >= 4 is 17.4 Å². The van der Waals surface area contributed by atoms with Gasteiger partial charge in [-0.3, -0.25) is 4.68 Å². The molecule has 1 aromatic carbocycles. The number of hydrogen-bond donors (Lipinski definition) is 1. The van der Waals surface area contributed by atoms with E-state index in [-0.39, 0.29) is 5.82 Å².